The lowest BCUT2D eigenvalue weighted by atomic mass is 10.2. The van der Waals surface area contributed by atoms with E-state index in [0.717, 1.165) is 18.7 Å². The second-order valence-corrected chi connectivity index (χ2v) is 7.08. The third-order valence-electron chi connectivity index (χ3n) is 4.11. The fourth-order valence-electron chi connectivity index (χ4n) is 2.81. The highest BCUT2D eigenvalue weighted by Gasteiger charge is 2.18. The van der Waals surface area contributed by atoms with Gasteiger partial charge in [0, 0.05) is 37.5 Å². The molecule has 2 aromatic rings. The lowest BCUT2D eigenvalue weighted by Crippen LogP contribution is -2.41. The molecule has 1 saturated heterocycles. The fraction of sp³-hybridized carbons (Fsp3) is 0.444. The van der Waals surface area contributed by atoms with Crippen LogP contribution in [0.25, 0.3) is 11.4 Å². The lowest BCUT2D eigenvalue weighted by molar-refractivity contribution is 0.0188. The molecule has 3 rings (SSSR count). The van der Waals surface area contributed by atoms with Gasteiger partial charge in [0.2, 0.25) is 0 Å². The van der Waals surface area contributed by atoms with Crippen LogP contribution >= 0.6 is 11.8 Å². The second kappa shape index (κ2) is 9.27. The SMILES string of the molecule is C=CCn1c(SC[C@@H](O)CN2CCOCC2)nnc1-c1ccc(F)cc1. The van der Waals surface area contributed by atoms with Crippen molar-refractivity contribution in [2.24, 2.45) is 0 Å². The average molecular weight is 378 g/mol. The van der Waals surface area contributed by atoms with Crippen molar-refractivity contribution in [3.63, 3.8) is 0 Å². The van der Waals surface area contributed by atoms with Crippen LogP contribution in [0.15, 0.2) is 42.1 Å². The summed E-state index contributed by atoms with van der Waals surface area (Å²) in [6.07, 6.45) is 1.31. The van der Waals surface area contributed by atoms with Gasteiger partial charge in [-0.05, 0) is 24.3 Å². The molecule has 2 heterocycles. The zero-order chi connectivity index (χ0) is 18.4. The molecule has 1 aliphatic heterocycles. The molecule has 1 N–H and O–H groups in total. The smallest absolute Gasteiger partial charge is 0.191 e. The highest BCUT2D eigenvalue weighted by Crippen LogP contribution is 2.25. The molecule has 0 radical (unpaired) electrons. The van der Waals surface area contributed by atoms with E-state index in [1.165, 1.54) is 23.9 Å². The van der Waals surface area contributed by atoms with E-state index >= 15 is 0 Å². The molecule has 0 unspecified atom stereocenters. The van der Waals surface area contributed by atoms with Crippen molar-refractivity contribution in [2.45, 2.75) is 17.8 Å². The van der Waals surface area contributed by atoms with Crippen LogP contribution in [0.2, 0.25) is 0 Å². The van der Waals surface area contributed by atoms with Gasteiger partial charge < -0.3 is 9.84 Å². The topological polar surface area (TPSA) is 63.4 Å². The Morgan fingerprint density at radius 2 is 2.00 bits per heavy atom. The molecule has 1 aromatic heterocycles. The normalized spacial score (nSPS) is 16.5. The molecular weight excluding hydrogens is 355 g/mol. The number of aromatic nitrogens is 3. The summed E-state index contributed by atoms with van der Waals surface area (Å²) >= 11 is 1.46. The Balaban J connectivity index is 1.65. The average Bonchev–Trinajstić information content (AvgIpc) is 3.05. The number of β-amino-alcohol motifs (C(OH)–C–C–N with tert-alkyl or cyclic N) is 1. The van der Waals surface area contributed by atoms with Gasteiger partial charge in [-0.15, -0.1) is 16.8 Å². The maximum atomic E-state index is 13.2. The standard InChI is InChI=1S/C18H23FN4O2S/c1-2-7-23-17(14-3-5-15(19)6-4-14)20-21-18(23)26-13-16(24)12-22-8-10-25-11-9-22/h2-6,16,24H,1,7-13H2/t16-/m0/s1. The number of allylic oxidation sites excluding steroid dienone is 1. The van der Waals surface area contributed by atoms with E-state index in [-0.39, 0.29) is 5.82 Å². The number of morpholine rings is 1. The first-order chi connectivity index (χ1) is 12.7. The first-order valence-corrected chi connectivity index (χ1v) is 9.57. The zero-order valence-electron chi connectivity index (χ0n) is 14.6. The summed E-state index contributed by atoms with van der Waals surface area (Å²) < 4.78 is 20.4. The number of aliphatic hydroxyl groups excluding tert-OH is 1. The lowest BCUT2D eigenvalue weighted by Gasteiger charge is -2.28. The molecule has 0 saturated carbocycles. The van der Waals surface area contributed by atoms with E-state index in [1.54, 1.807) is 18.2 Å². The van der Waals surface area contributed by atoms with Crippen molar-refractivity contribution in [3.05, 3.63) is 42.7 Å². The Morgan fingerprint density at radius 1 is 1.27 bits per heavy atom. The van der Waals surface area contributed by atoms with Gasteiger partial charge in [-0.2, -0.15) is 0 Å². The highest BCUT2D eigenvalue weighted by molar-refractivity contribution is 7.99. The number of benzene rings is 1. The quantitative estimate of drug-likeness (QED) is 0.560. The van der Waals surface area contributed by atoms with Gasteiger partial charge in [-0.3, -0.25) is 9.47 Å². The Kier molecular flexibility index (Phi) is 6.79. The van der Waals surface area contributed by atoms with Crippen LogP contribution in [0.4, 0.5) is 4.39 Å². The van der Waals surface area contributed by atoms with Gasteiger partial charge in [0.05, 0.1) is 19.3 Å². The van der Waals surface area contributed by atoms with Crippen LogP contribution < -0.4 is 0 Å². The second-order valence-electron chi connectivity index (χ2n) is 6.09. The van der Waals surface area contributed by atoms with Crippen LogP contribution in [0.5, 0.6) is 0 Å². The molecule has 1 atom stereocenters. The Bertz CT molecular complexity index is 716. The van der Waals surface area contributed by atoms with Crippen LogP contribution in [0, 0.1) is 5.82 Å². The van der Waals surface area contributed by atoms with Crippen molar-refractivity contribution < 1.29 is 14.2 Å². The third kappa shape index (κ3) is 4.91. The molecule has 140 valence electrons. The minimum atomic E-state index is -0.457. The Labute approximate surface area is 156 Å². The largest absolute Gasteiger partial charge is 0.391 e. The minimum Gasteiger partial charge on any atom is -0.391 e. The first-order valence-electron chi connectivity index (χ1n) is 8.58. The van der Waals surface area contributed by atoms with Gasteiger partial charge in [0.15, 0.2) is 11.0 Å². The van der Waals surface area contributed by atoms with Gasteiger partial charge in [0.25, 0.3) is 0 Å². The van der Waals surface area contributed by atoms with Crippen molar-refractivity contribution in [1.82, 2.24) is 19.7 Å². The molecule has 0 bridgehead atoms. The number of aliphatic hydroxyl groups is 1. The summed E-state index contributed by atoms with van der Waals surface area (Å²) in [7, 11) is 0. The maximum Gasteiger partial charge on any atom is 0.191 e. The molecule has 26 heavy (non-hydrogen) atoms. The number of hydrogen-bond acceptors (Lipinski definition) is 6. The van der Waals surface area contributed by atoms with E-state index in [4.69, 9.17) is 4.74 Å². The van der Waals surface area contributed by atoms with Crippen LogP contribution in [0.1, 0.15) is 0 Å². The van der Waals surface area contributed by atoms with Crippen molar-refractivity contribution in [2.75, 3.05) is 38.6 Å². The fourth-order valence-corrected chi connectivity index (χ4v) is 3.67. The van der Waals surface area contributed by atoms with E-state index in [1.807, 2.05) is 4.57 Å². The molecule has 0 amide bonds. The first kappa shape index (κ1) is 19.0. The van der Waals surface area contributed by atoms with E-state index in [2.05, 4.69) is 21.7 Å². The monoisotopic (exact) mass is 378 g/mol. The zero-order valence-corrected chi connectivity index (χ0v) is 15.4. The summed E-state index contributed by atoms with van der Waals surface area (Å²) in [5.74, 6) is 0.898. The maximum absolute atomic E-state index is 13.2. The minimum absolute atomic E-state index is 0.288. The van der Waals surface area contributed by atoms with E-state index < -0.39 is 6.10 Å². The molecule has 8 heteroatoms. The number of halogens is 1. The van der Waals surface area contributed by atoms with Crippen LogP contribution in [-0.2, 0) is 11.3 Å². The molecule has 0 aliphatic carbocycles. The number of rotatable bonds is 8. The molecular formula is C18H23FN4O2S. The Hall–Kier alpha value is -1.74. The van der Waals surface area contributed by atoms with Crippen molar-refractivity contribution in [1.29, 1.82) is 0 Å². The van der Waals surface area contributed by atoms with Crippen LogP contribution in [0.3, 0.4) is 0 Å². The number of hydrogen-bond donors (Lipinski definition) is 1. The Morgan fingerprint density at radius 3 is 2.69 bits per heavy atom. The van der Waals surface area contributed by atoms with E-state index in [9.17, 15) is 9.50 Å². The summed E-state index contributed by atoms with van der Waals surface area (Å²) in [5.41, 5.74) is 0.793. The predicted octanol–water partition coefficient (Wildman–Crippen LogP) is 2.06. The van der Waals surface area contributed by atoms with E-state index in [0.29, 0.717) is 43.0 Å². The highest BCUT2D eigenvalue weighted by atomic mass is 32.2. The summed E-state index contributed by atoms with van der Waals surface area (Å²) in [4.78, 5) is 2.20. The predicted molar refractivity (Wildman–Crippen MR) is 99.6 cm³/mol. The van der Waals surface area contributed by atoms with Gasteiger partial charge in [-0.25, -0.2) is 4.39 Å². The van der Waals surface area contributed by atoms with Crippen molar-refractivity contribution in [3.8, 4) is 11.4 Å². The number of ether oxygens (including phenoxy) is 1. The van der Waals surface area contributed by atoms with Crippen LogP contribution in [-0.4, -0.2) is 69.5 Å². The molecule has 6 nitrogen and oxygen atoms in total. The molecule has 1 aromatic carbocycles. The summed E-state index contributed by atoms with van der Waals surface area (Å²) in [5, 5.41) is 19.5. The van der Waals surface area contributed by atoms with Gasteiger partial charge >= 0.3 is 0 Å². The number of nitrogens with zero attached hydrogens (tertiary/aromatic N) is 4. The van der Waals surface area contributed by atoms with Gasteiger partial charge in [-0.1, -0.05) is 17.8 Å². The summed E-state index contributed by atoms with van der Waals surface area (Å²) in [6.45, 7) is 8.08. The number of thioether (sulfide) groups is 1. The molecule has 1 fully saturated rings. The summed E-state index contributed by atoms with van der Waals surface area (Å²) in [6, 6.07) is 6.17. The molecule has 1 aliphatic rings. The molecule has 0 spiro atoms. The van der Waals surface area contributed by atoms with Crippen molar-refractivity contribution >= 4 is 11.8 Å². The van der Waals surface area contributed by atoms with Gasteiger partial charge in [0.1, 0.15) is 5.82 Å². The third-order valence-corrected chi connectivity index (χ3v) is 5.22.